The van der Waals surface area contributed by atoms with Crippen LogP contribution in [0.15, 0.2) is 0 Å². The molecule has 7 heteroatoms. The Morgan fingerprint density at radius 1 is 1.31 bits per heavy atom. The van der Waals surface area contributed by atoms with E-state index >= 15 is 0 Å². The fourth-order valence-corrected chi connectivity index (χ4v) is 2.51. The number of ether oxygens (including phenoxy) is 1. The number of fused-ring (bicyclic) bond motifs is 1. The van der Waals surface area contributed by atoms with Crippen molar-refractivity contribution in [3.05, 3.63) is 0 Å². The second kappa shape index (κ2) is 4.17. The molecular weight excluding hydrogens is 216 g/mol. The Morgan fingerprint density at radius 3 is 2.56 bits per heavy atom. The lowest BCUT2D eigenvalue weighted by Crippen LogP contribution is -2.52. The molecule has 0 aliphatic carbocycles. The predicted molar refractivity (Wildman–Crippen MR) is 52.7 cm³/mol. The number of rotatable bonds is 1. The second-order valence-corrected chi connectivity index (χ2v) is 4.23. The third-order valence-electron chi connectivity index (χ3n) is 3.26. The van der Waals surface area contributed by atoms with Crippen LogP contribution in [0.2, 0.25) is 0 Å². The molecule has 0 aromatic heterocycles. The standard InChI is InChI=1S/C9H16N2O5/c1-16-9(15)10-6-4(12)2-11-3-5(13)8(14)7(6)11/h4-8,12-14H,2-3H2,1H3,(H,10,15)/t4-,5+,6+,7+,8-/m1/s1. The van der Waals surface area contributed by atoms with Gasteiger partial charge in [-0.15, -0.1) is 0 Å². The van der Waals surface area contributed by atoms with Crippen LogP contribution in [0.3, 0.4) is 0 Å². The molecule has 16 heavy (non-hydrogen) atoms. The molecule has 0 aromatic rings. The summed E-state index contributed by atoms with van der Waals surface area (Å²) in [5.74, 6) is 0. The van der Waals surface area contributed by atoms with Crippen LogP contribution in [-0.4, -0.2) is 76.9 Å². The van der Waals surface area contributed by atoms with E-state index in [0.29, 0.717) is 13.1 Å². The van der Waals surface area contributed by atoms with Crippen molar-refractivity contribution in [2.45, 2.75) is 30.4 Å². The van der Waals surface area contributed by atoms with Crippen LogP contribution < -0.4 is 5.32 Å². The first-order valence-electron chi connectivity index (χ1n) is 5.17. The summed E-state index contributed by atoms with van der Waals surface area (Å²) in [6, 6.07) is -1.07. The number of alkyl carbamates (subject to hydrolysis) is 1. The number of aliphatic hydroxyl groups is 3. The van der Waals surface area contributed by atoms with Gasteiger partial charge in [0, 0.05) is 13.1 Å². The molecule has 0 bridgehead atoms. The molecule has 0 saturated carbocycles. The van der Waals surface area contributed by atoms with Crippen LogP contribution in [0.4, 0.5) is 4.79 Å². The molecule has 2 aliphatic heterocycles. The van der Waals surface area contributed by atoms with Crippen molar-refractivity contribution < 1.29 is 24.9 Å². The van der Waals surface area contributed by atoms with E-state index in [1.807, 2.05) is 0 Å². The van der Waals surface area contributed by atoms with Crippen LogP contribution in [0, 0.1) is 0 Å². The number of carbonyl (C=O) groups is 1. The van der Waals surface area contributed by atoms with Crippen molar-refractivity contribution in [2.75, 3.05) is 20.2 Å². The largest absolute Gasteiger partial charge is 0.453 e. The van der Waals surface area contributed by atoms with Crippen LogP contribution in [0.1, 0.15) is 0 Å². The van der Waals surface area contributed by atoms with Gasteiger partial charge in [-0.25, -0.2) is 4.79 Å². The first-order valence-corrected chi connectivity index (χ1v) is 5.17. The van der Waals surface area contributed by atoms with Gasteiger partial charge in [-0.05, 0) is 0 Å². The second-order valence-electron chi connectivity index (χ2n) is 4.23. The van der Waals surface area contributed by atoms with Gasteiger partial charge >= 0.3 is 6.09 Å². The smallest absolute Gasteiger partial charge is 0.407 e. The normalized spacial score (nSPS) is 43.1. The Kier molecular flexibility index (Phi) is 3.02. The summed E-state index contributed by atoms with van der Waals surface area (Å²) < 4.78 is 4.45. The van der Waals surface area contributed by atoms with Crippen LogP contribution >= 0.6 is 0 Å². The Balaban J connectivity index is 2.08. The zero-order valence-electron chi connectivity index (χ0n) is 8.91. The van der Waals surface area contributed by atoms with Crippen LogP contribution in [0.5, 0.6) is 0 Å². The third-order valence-corrected chi connectivity index (χ3v) is 3.26. The monoisotopic (exact) mass is 232 g/mol. The topological polar surface area (TPSA) is 102 Å². The zero-order chi connectivity index (χ0) is 11.9. The summed E-state index contributed by atoms with van der Waals surface area (Å²) in [7, 11) is 1.23. The molecule has 2 fully saturated rings. The minimum absolute atomic E-state index is 0.308. The molecule has 0 unspecified atom stereocenters. The minimum Gasteiger partial charge on any atom is -0.453 e. The zero-order valence-corrected chi connectivity index (χ0v) is 8.91. The van der Waals surface area contributed by atoms with Crippen molar-refractivity contribution in [1.82, 2.24) is 10.2 Å². The molecule has 0 radical (unpaired) electrons. The molecule has 7 nitrogen and oxygen atoms in total. The van der Waals surface area contributed by atoms with E-state index in [0.717, 1.165) is 0 Å². The molecule has 2 rings (SSSR count). The van der Waals surface area contributed by atoms with E-state index in [1.54, 1.807) is 4.90 Å². The van der Waals surface area contributed by atoms with E-state index in [2.05, 4.69) is 10.1 Å². The Morgan fingerprint density at radius 2 is 1.94 bits per heavy atom. The molecular formula is C9H16N2O5. The van der Waals surface area contributed by atoms with Gasteiger partial charge < -0.3 is 25.4 Å². The number of hydrogen-bond acceptors (Lipinski definition) is 6. The highest BCUT2D eigenvalue weighted by molar-refractivity contribution is 5.67. The quantitative estimate of drug-likeness (QED) is 0.398. The maximum atomic E-state index is 11.1. The molecule has 2 heterocycles. The molecule has 2 aliphatic rings. The number of amides is 1. The van der Waals surface area contributed by atoms with E-state index in [-0.39, 0.29) is 0 Å². The molecule has 4 N–H and O–H groups in total. The van der Waals surface area contributed by atoms with Gasteiger partial charge in [0.25, 0.3) is 0 Å². The lowest BCUT2D eigenvalue weighted by atomic mass is 10.0. The predicted octanol–water partition coefficient (Wildman–Crippen LogP) is -2.51. The molecule has 5 atom stereocenters. The maximum Gasteiger partial charge on any atom is 0.407 e. The van der Waals surface area contributed by atoms with Gasteiger partial charge in [-0.1, -0.05) is 0 Å². The highest BCUT2D eigenvalue weighted by Gasteiger charge is 2.52. The number of methoxy groups -OCH3 is 1. The Bertz CT molecular complexity index is 287. The van der Waals surface area contributed by atoms with Gasteiger partial charge in [0.15, 0.2) is 0 Å². The van der Waals surface area contributed by atoms with Crippen molar-refractivity contribution in [2.24, 2.45) is 0 Å². The summed E-state index contributed by atoms with van der Waals surface area (Å²) in [6.45, 7) is 0.635. The number of nitrogens with zero attached hydrogens (tertiary/aromatic N) is 1. The van der Waals surface area contributed by atoms with Gasteiger partial charge in [0.05, 0.1) is 37.5 Å². The summed E-state index contributed by atoms with van der Waals surface area (Å²) in [5, 5.41) is 31.4. The van der Waals surface area contributed by atoms with E-state index < -0.39 is 36.5 Å². The van der Waals surface area contributed by atoms with E-state index in [1.165, 1.54) is 7.11 Å². The lowest BCUT2D eigenvalue weighted by Gasteiger charge is -2.24. The van der Waals surface area contributed by atoms with Crippen molar-refractivity contribution in [3.63, 3.8) is 0 Å². The van der Waals surface area contributed by atoms with Crippen LogP contribution in [-0.2, 0) is 4.74 Å². The first kappa shape index (κ1) is 11.6. The fourth-order valence-electron chi connectivity index (χ4n) is 2.51. The lowest BCUT2D eigenvalue weighted by molar-refractivity contribution is 0.0247. The van der Waals surface area contributed by atoms with E-state index in [9.17, 15) is 20.1 Å². The summed E-state index contributed by atoms with van der Waals surface area (Å²) in [4.78, 5) is 12.8. The van der Waals surface area contributed by atoms with Crippen molar-refractivity contribution >= 4 is 6.09 Å². The third kappa shape index (κ3) is 1.75. The summed E-state index contributed by atoms with van der Waals surface area (Å²) in [6.07, 6.45) is -3.20. The number of carbonyl (C=O) groups excluding carboxylic acids is 1. The van der Waals surface area contributed by atoms with Gasteiger partial charge in [0.2, 0.25) is 0 Å². The highest BCUT2D eigenvalue weighted by Crippen LogP contribution is 2.29. The fraction of sp³-hybridized carbons (Fsp3) is 0.889. The van der Waals surface area contributed by atoms with Gasteiger partial charge in [-0.2, -0.15) is 0 Å². The van der Waals surface area contributed by atoms with Crippen molar-refractivity contribution in [1.29, 1.82) is 0 Å². The Hall–Kier alpha value is -0.890. The first-order chi connectivity index (χ1) is 7.54. The van der Waals surface area contributed by atoms with Crippen molar-refractivity contribution in [3.8, 4) is 0 Å². The number of aliphatic hydroxyl groups excluding tert-OH is 3. The van der Waals surface area contributed by atoms with Crippen LogP contribution in [0.25, 0.3) is 0 Å². The summed E-state index contributed by atoms with van der Waals surface area (Å²) in [5.41, 5.74) is 0. The molecule has 0 aromatic carbocycles. The summed E-state index contributed by atoms with van der Waals surface area (Å²) >= 11 is 0. The maximum absolute atomic E-state index is 11.1. The average Bonchev–Trinajstić information content (AvgIpc) is 2.67. The van der Waals surface area contributed by atoms with E-state index in [4.69, 9.17) is 0 Å². The molecule has 2 saturated heterocycles. The molecule has 0 spiro atoms. The number of hydrogen-bond donors (Lipinski definition) is 4. The average molecular weight is 232 g/mol. The Labute approximate surface area is 92.6 Å². The minimum atomic E-state index is -0.959. The van der Waals surface area contributed by atoms with Gasteiger partial charge in [-0.3, -0.25) is 4.90 Å². The molecule has 92 valence electrons. The van der Waals surface area contributed by atoms with Gasteiger partial charge in [0.1, 0.15) is 0 Å². The molecule has 1 amide bonds. The number of nitrogens with one attached hydrogen (secondary N) is 1. The SMILES string of the molecule is COC(=O)N[C@@H]1[C@H]2[C@H](O)[C@@H](O)CN2C[C@H]1O. The highest BCUT2D eigenvalue weighted by atomic mass is 16.5.